The number of hydrogen-bond acceptors (Lipinski definition) is 3. The minimum atomic E-state index is -0.0335. The molecule has 0 atom stereocenters. The van der Waals surface area contributed by atoms with Gasteiger partial charge in [0.25, 0.3) is 5.91 Å². The van der Waals surface area contributed by atoms with Crippen molar-refractivity contribution in [1.82, 2.24) is 20.9 Å². The third-order valence-corrected chi connectivity index (χ3v) is 5.84. The Morgan fingerprint density at radius 2 is 1.90 bits per heavy atom. The van der Waals surface area contributed by atoms with E-state index in [2.05, 4.69) is 34.7 Å². The maximum Gasteiger partial charge on any atom is 0.251 e. The first-order chi connectivity index (χ1) is 14.0. The molecule has 6 heteroatoms. The van der Waals surface area contributed by atoms with Crippen LogP contribution in [0.25, 0.3) is 0 Å². The molecule has 6 nitrogen and oxygen atoms in total. The van der Waals surface area contributed by atoms with E-state index in [-0.39, 0.29) is 5.91 Å². The summed E-state index contributed by atoms with van der Waals surface area (Å²) in [4.78, 5) is 19.1. The van der Waals surface area contributed by atoms with Gasteiger partial charge in [-0.25, -0.2) is 4.99 Å². The van der Waals surface area contributed by atoms with Crippen LogP contribution in [-0.2, 0) is 6.54 Å². The number of benzene rings is 1. The Hall–Kier alpha value is -2.08. The highest BCUT2D eigenvalue weighted by molar-refractivity contribution is 5.94. The lowest BCUT2D eigenvalue weighted by molar-refractivity contribution is 0.0951. The number of carbonyl (C=O) groups excluding carboxylic acids is 1. The zero-order valence-electron chi connectivity index (χ0n) is 18.7. The predicted octanol–water partition coefficient (Wildman–Crippen LogP) is 3.00. The van der Waals surface area contributed by atoms with Crippen molar-refractivity contribution in [2.24, 2.45) is 10.4 Å². The largest absolute Gasteiger partial charge is 0.357 e. The van der Waals surface area contributed by atoms with Crippen LogP contribution >= 0.6 is 0 Å². The van der Waals surface area contributed by atoms with E-state index in [0.29, 0.717) is 24.1 Å². The van der Waals surface area contributed by atoms with Gasteiger partial charge in [-0.05, 0) is 63.4 Å². The molecule has 1 fully saturated rings. The quantitative estimate of drug-likeness (QED) is 0.416. The molecule has 0 heterocycles. The number of aliphatic imine (C=N–C) groups is 1. The van der Waals surface area contributed by atoms with Crippen molar-refractivity contribution in [3.05, 3.63) is 35.4 Å². The molecule has 29 heavy (non-hydrogen) atoms. The molecule has 0 radical (unpaired) electrons. The summed E-state index contributed by atoms with van der Waals surface area (Å²) < 4.78 is 0. The van der Waals surface area contributed by atoms with Crippen LogP contribution in [0.2, 0.25) is 0 Å². The number of rotatable bonds is 10. The number of carbonyl (C=O) groups is 1. The second-order valence-electron chi connectivity index (χ2n) is 8.37. The fraction of sp³-hybridized carbons (Fsp3) is 0.652. The summed E-state index contributed by atoms with van der Waals surface area (Å²) in [5.41, 5.74) is 2.14. The lowest BCUT2D eigenvalue weighted by Gasteiger charge is -2.28. The molecular weight excluding hydrogens is 362 g/mol. The van der Waals surface area contributed by atoms with Crippen LogP contribution in [0, 0.1) is 5.41 Å². The zero-order valence-corrected chi connectivity index (χ0v) is 18.7. The molecule has 0 aromatic heterocycles. The van der Waals surface area contributed by atoms with Gasteiger partial charge in [0.05, 0.1) is 6.54 Å². The Morgan fingerprint density at radius 3 is 2.55 bits per heavy atom. The Balaban J connectivity index is 1.95. The molecule has 0 spiro atoms. The van der Waals surface area contributed by atoms with E-state index in [4.69, 9.17) is 4.99 Å². The van der Waals surface area contributed by atoms with E-state index in [0.717, 1.165) is 31.2 Å². The standard InChI is InChI=1S/C23H39N5O/c1-5-23(12-7-8-13-23)18-27-22(24-6-2)26-17-19-10-9-11-20(16-19)21(29)25-14-15-28(3)4/h9-11,16H,5-8,12-15,17-18H2,1-4H3,(H,25,29)(H2,24,26,27). The highest BCUT2D eigenvalue weighted by atomic mass is 16.1. The van der Waals surface area contributed by atoms with Crippen molar-refractivity contribution < 1.29 is 4.79 Å². The van der Waals surface area contributed by atoms with Gasteiger partial charge in [0.2, 0.25) is 0 Å². The summed E-state index contributed by atoms with van der Waals surface area (Å²) in [6.07, 6.45) is 6.51. The monoisotopic (exact) mass is 401 g/mol. The van der Waals surface area contributed by atoms with Gasteiger partial charge in [0, 0.05) is 31.7 Å². The SMILES string of the molecule is CCNC(=NCc1cccc(C(=O)NCCN(C)C)c1)NCC1(CC)CCCC1. The van der Waals surface area contributed by atoms with Crippen LogP contribution in [-0.4, -0.2) is 57.0 Å². The normalized spacial score (nSPS) is 16.1. The van der Waals surface area contributed by atoms with Crippen molar-refractivity contribution in [2.75, 3.05) is 40.3 Å². The second-order valence-corrected chi connectivity index (χ2v) is 8.37. The molecule has 1 aromatic carbocycles. The third kappa shape index (κ3) is 7.69. The molecule has 162 valence electrons. The molecule has 0 bridgehead atoms. The molecule has 1 aromatic rings. The number of amides is 1. The van der Waals surface area contributed by atoms with Crippen LogP contribution < -0.4 is 16.0 Å². The molecule has 1 amide bonds. The van der Waals surface area contributed by atoms with Crippen LogP contribution in [0.4, 0.5) is 0 Å². The number of likely N-dealkylation sites (N-methyl/N-ethyl adjacent to an activating group) is 1. The lowest BCUT2D eigenvalue weighted by atomic mass is 9.83. The van der Waals surface area contributed by atoms with Crippen LogP contribution in [0.1, 0.15) is 61.9 Å². The van der Waals surface area contributed by atoms with Crippen molar-refractivity contribution in [2.45, 2.75) is 52.5 Å². The lowest BCUT2D eigenvalue weighted by Crippen LogP contribution is -2.42. The van der Waals surface area contributed by atoms with Crippen LogP contribution in [0.5, 0.6) is 0 Å². The van der Waals surface area contributed by atoms with Gasteiger partial charge in [-0.1, -0.05) is 31.9 Å². The summed E-state index contributed by atoms with van der Waals surface area (Å²) in [5, 5.41) is 9.87. The molecule has 3 N–H and O–H groups in total. The average Bonchev–Trinajstić information content (AvgIpc) is 3.19. The van der Waals surface area contributed by atoms with Gasteiger partial charge in [0.15, 0.2) is 5.96 Å². The molecule has 1 aliphatic carbocycles. The Kier molecular flexibility index (Phi) is 9.45. The van der Waals surface area contributed by atoms with Gasteiger partial charge in [-0.2, -0.15) is 0 Å². The van der Waals surface area contributed by atoms with Gasteiger partial charge in [0.1, 0.15) is 0 Å². The van der Waals surface area contributed by atoms with Crippen molar-refractivity contribution in [3.63, 3.8) is 0 Å². The maximum absolute atomic E-state index is 12.3. The minimum Gasteiger partial charge on any atom is -0.357 e. The Morgan fingerprint density at radius 1 is 1.14 bits per heavy atom. The van der Waals surface area contributed by atoms with E-state index in [1.165, 1.54) is 32.1 Å². The summed E-state index contributed by atoms with van der Waals surface area (Å²) in [6, 6.07) is 7.74. The number of hydrogen-bond donors (Lipinski definition) is 3. The van der Waals surface area contributed by atoms with Gasteiger partial charge < -0.3 is 20.9 Å². The maximum atomic E-state index is 12.3. The number of guanidine groups is 1. The first kappa shape index (κ1) is 23.2. The first-order valence-electron chi connectivity index (χ1n) is 11.0. The zero-order chi connectivity index (χ0) is 21.1. The smallest absolute Gasteiger partial charge is 0.251 e. The first-order valence-corrected chi connectivity index (χ1v) is 11.0. The van der Waals surface area contributed by atoms with Crippen molar-refractivity contribution >= 4 is 11.9 Å². The molecule has 0 aliphatic heterocycles. The molecular formula is C23H39N5O. The molecule has 1 aliphatic rings. The van der Waals surface area contributed by atoms with Crippen LogP contribution in [0.3, 0.4) is 0 Å². The van der Waals surface area contributed by atoms with Gasteiger partial charge in [-0.3, -0.25) is 4.79 Å². The summed E-state index contributed by atoms with van der Waals surface area (Å²) in [5.74, 6) is 0.821. The number of nitrogens with one attached hydrogen (secondary N) is 3. The van der Waals surface area contributed by atoms with E-state index < -0.39 is 0 Å². The van der Waals surface area contributed by atoms with Crippen LogP contribution in [0.15, 0.2) is 29.3 Å². The predicted molar refractivity (Wildman–Crippen MR) is 121 cm³/mol. The van der Waals surface area contributed by atoms with E-state index in [1.807, 2.05) is 38.4 Å². The third-order valence-electron chi connectivity index (χ3n) is 5.84. The van der Waals surface area contributed by atoms with E-state index in [9.17, 15) is 4.79 Å². The van der Waals surface area contributed by atoms with Crippen molar-refractivity contribution in [1.29, 1.82) is 0 Å². The average molecular weight is 402 g/mol. The highest BCUT2D eigenvalue weighted by Crippen LogP contribution is 2.40. The fourth-order valence-electron chi connectivity index (χ4n) is 3.87. The second kappa shape index (κ2) is 11.8. The Bertz CT molecular complexity index is 665. The summed E-state index contributed by atoms with van der Waals surface area (Å²) in [6.45, 7) is 8.21. The number of nitrogens with zero attached hydrogens (tertiary/aromatic N) is 2. The summed E-state index contributed by atoms with van der Waals surface area (Å²) in [7, 11) is 3.99. The highest BCUT2D eigenvalue weighted by Gasteiger charge is 2.31. The topological polar surface area (TPSA) is 68.8 Å². The van der Waals surface area contributed by atoms with Gasteiger partial charge in [-0.15, -0.1) is 0 Å². The van der Waals surface area contributed by atoms with E-state index in [1.54, 1.807) is 0 Å². The molecule has 0 unspecified atom stereocenters. The molecule has 1 saturated carbocycles. The molecule has 2 rings (SSSR count). The van der Waals surface area contributed by atoms with Gasteiger partial charge >= 0.3 is 0 Å². The fourth-order valence-corrected chi connectivity index (χ4v) is 3.87. The Labute approximate surface area is 176 Å². The summed E-state index contributed by atoms with van der Waals surface area (Å²) >= 11 is 0. The van der Waals surface area contributed by atoms with E-state index >= 15 is 0 Å². The minimum absolute atomic E-state index is 0.0335. The van der Waals surface area contributed by atoms with Crippen molar-refractivity contribution in [3.8, 4) is 0 Å². The molecule has 0 saturated heterocycles.